The highest BCUT2D eigenvalue weighted by Crippen LogP contribution is 2.37. The summed E-state index contributed by atoms with van der Waals surface area (Å²) in [5, 5.41) is 11.2. The molecule has 0 radical (unpaired) electrons. The first-order chi connectivity index (χ1) is 12.2. The lowest BCUT2D eigenvalue weighted by atomic mass is 10.0. The molecule has 25 heavy (non-hydrogen) atoms. The number of anilines is 1. The van der Waals surface area contributed by atoms with Gasteiger partial charge in [0.2, 0.25) is 0 Å². The number of ether oxygens (including phenoxy) is 1. The number of aromatic nitrogens is 4. The molecule has 0 unspecified atom stereocenters. The SMILES string of the molecule is COc1ccc(C(=O)N2C[C@@H](C)c3ccccc32)cc1-n1cnnn1. The van der Waals surface area contributed by atoms with E-state index >= 15 is 0 Å². The molecule has 0 saturated heterocycles. The van der Waals surface area contributed by atoms with E-state index in [0.29, 0.717) is 29.5 Å². The van der Waals surface area contributed by atoms with Gasteiger partial charge >= 0.3 is 0 Å². The number of hydrogen-bond donors (Lipinski definition) is 0. The zero-order chi connectivity index (χ0) is 17.4. The molecule has 3 aromatic rings. The average molecular weight is 335 g/mol. The fourth-order valence-electron chi connectivity index (χ4n) is 3.24. The highest BCUT2D eigenvalue weighted by Gasteiger charge is 2.30. The first-order valence-electron chi connectivity index (χ1n) is 8.01. The number of nitrogens with zero attached hydrogens (tertiary/aromatic N) is 5. The Morgan fingerprint density at radius 1 is 1.20 bits per heavy atom. The molecule has 1 aliphatic heterocycles. The third kappa shape index (κ3) is 2.53. The maximum atomic E-state index is 13.1. The van der Waals surface area contributed by atoms with Gasteiger partial charge in [-0.2, -0.15) is 4.68 Å². The van der Waals surface area contributed by atoms with E-state index in [1.54, 1.807) is 25.3 Å². The quantitative estimate of drug-likeness (QED) is 0.735. The summed E-state index contributed by atoms with van der Waals surface area (Å²) in [5.74, 6) is 0.866. The van der Waals surface area contributed by atoms with Gasteiger partial charge in [-0.15, -0.1) is 5.10 Å². The van der Waals surface area contributed by atoms with Crippen LogP contribution in [0.4, 0.5) is 5.69 Å². The van der Waals surface area contributed by atoms with Gasteiger partial charge in [0.1, 0.15) is 17.8 Å². The topological polar surface area (TPSA) is 73.1 Å². The van der Waals surface area contributed by atoms with Crippen molar-refractivity contribution in [2.75, 3.05) is 18.6 Å². The largest absolute Gasteiger partial charge is 0.494 e. The van der Waals surface area contributed by atoms with Crippen molar-refractivity contribution in [3.8, 4) is 11.4 Å². The molecular weight excluding hydrogens is 318 g/mol. The van der Waals surface area contributed by atoms with Crippen LogP contribution >= 0.6 is 0 Å². The second-order valence-electron chi connectivity index (χ2n) is 6.02. The third-order valence-corrected chi connectivity index (χ3v) is 4.48. The monoisotopic (exact) mass is 335 g/mol. The number of para-hydroxylation sites is 1. The van der Waals surface area contributed by atoms with E-state index in [9.17, 15) is 4.79 Å². The molecule has 126 valence electrons. The number of rotatable bonds is 3. The molecule has 1 aliphatic rings. The summed E-state index contributed by atoms with van der Waals surface area (Å²) in [4.78, 5) is 14.9. The van der Waals surface area contributed by atoms with Gasteiger partial charge in [-0.05, 0) is 40.3 Å². The average Bonchev–Trinajstić information content (AvgIpc) is 3.29. The van der Waals surface area contributed by atoms with Gasteiger partial charge in [0.05, 0.1) is 7.11 Å². The normalized spacial score (nSPS) is 15.9. The predicted octanol–water partition coefficient (Wildman–Crippen LogP) is 2.43. The maximum Gasteiger partial charge on any atom is 0.258 e. The first-order valence-corrected chi connectivity index (χ1v) is 8.01. The molecule has 0 aliphatic carbocycles. The van der Waals surface area contributed by atoms with Gasteiger partial charge in [-0.1, -0.05) is 25.1 Å². The minimum absolute atomic E-state index is 0.0474. The number of fused-ring (bicyclic) bond motifs is 1. The Morgan fingerprint density at radius 3 is 2.80 bits per heavy atom. The molecule has 1 atom stereocenters. The Hall–Kier alpha value is -3.22. The molecule has 0 N–H and O–H groups in total. The van der Waals surface area contributed by atoms with E-state index in [0.717, 1.165) is 5.69 Å². The maximum absolute atomic E-state index is 13.1. The highest BCUT2D eigenvalue weighted by molar-refractivity contribution is 6.08. The van der Waals surface area contributed by atoms with Crippen molar-refractivity contribution in [1.29, 1.82) is 0 Å². The molecular formula is C18H17N5O2. The molecule has 1 aromatic heterocycles. The van der Waals surface area contributed by atoms with Gasteiger partial charge in [0.15, 0.2) is 0 Å². The van der Waals surface area contributed by atoms with Gasteiger partial charge in [0.25, 0.3) is 5.91 Å². The summed E-state index contributed by atoms with van der Waals surface area (Å²) in [6.45, 7) is 2.80. The third-order valence-electron chi connectivity index (χ3n) is 4.48. The second-order valence-corrected chi connectivity index (χ2v) is 6.02. The molecule has 2 aromatic carbocycles. The number of tetrazole rings is 1. The lowest BCUT2D eigenvalue weighted by Gasteiger charge is -2.18. The predicted molar refractivity (Wildman–Crippen MR) is 92.2 cm³/mol. The van der Waals surface area contributed by atoms with Crippen LogP contribution in [0, 0.1) is 0 Å². The van der Waals surface area contributed by atoms with Crippen molar-refractivity contribution in [3.63, 3.8) is 0 Å². The summed E-state index contributed by atoms with van der Waals surface area (Å²) in [6, 6.07) is 13.3. The molecule has 0 saturated carbocycles. The second kappa shape index (κ2) is 6.01. The van der Waals surface area contributed by atoms with Crippen molar-refractivity contribution < 1.29 is 9.53 Å². The first kappa shape index (κ1) is 15.3. The van der Waals surface area contributed by atoms with Crippen LogP contribution in [0.25, 0.3) is 5.69 Å². The van der Waals surface area contributed by atoms with Crippen LogP contribution in [0.5, 0.6) is 5.75 Å². The van der Waals surface area contributed by atoms with E-state index in [-0.39, 0.29) is 5.91 Å². The van der Waals surface area contributed by atoms with E-state index in [1.807, 2.05) is 23.1 Å². The summed E-state index contributed by atoms with van der Waals surface area (Å²) >= 11 is 0. The Bertz CT molecular complexity index is 923. The Balaban J connectivity index is 1.74. The van der Waals surface area contributed by atoms with Crippen LogP contribution in [0.2, 0.25) is 0 Å². The van der Waals surface area contributed by atoms with Crippen LogP contribution in [0.15, 0.2) is 48.8 Å². The van der Waals surface area contributed by atoms with Gasteiger partial charge in [-0.25, -0.2) is 0 Å². The summed E-state index contributed by atoms with van der Waals surface area (Å²) in [5.41, 5.74) is 3.36. The highest BCUT2D eigenvalue weighted by atomic mass is 16.5. The molecule has 7 nitrogen and oxygen atoms in total. The summed E-state index contributed by atoms with van der Waals surface area (Å²) in [7, 11) is 1.57. The summed E-state index contributed by atoms with van der Waals surface area (Å²) in [6.07, 6.45) is 1.47. The number of methoxy groups -OCH3 is 1. The van der Waals surface area contributed by atoms with Gasteiger partial charge < -0.3 is 9.64 Å². The number of carbonyl (C=O) groups is 1. The van der Waals surface area contributed by atoms with E-state index in [2.05, 4.69) is 28.5 Å². The number of amides is 1. The molecule has 7 heteroatoms. The van der Waals surface area contributed by atoms with Crippen molar-refractivity contribution >= 4 is 11.6 Å². The van der Waals surface area contributed by atoms with Crippen molar-refractivity contribution in [3.05, 3.63) is 59.9 Å². The van der Waals surface area contributed by atoms with Crippen molar-refractivity contribution in [1.82, 2.24) is 20.2 Å². The van der Waals surface area contributed by atoms with Gasteiger partial charge in [-0.3, -0.25) is 4.79 Å². The van der Waals surface area contributed by atoms with Crippen LogP contribution in [0.1, 0.15) is 28.8 Å². The van der Waals surface area contributed by atoms with E-state index in [1.165, 1.54) is 16.6 Å². The zero-order valence-electron chi connectivity index (χ0n) is 14.0. The van der Waals surface area contributed by atoms with Crippen LogP contribution in [-0.4, -0.2) is 39.8 Å². The zero-order valence-corrected chi connectivity index (χ0v) is 14.0. The smallest absolute Gasteiger partial charge is 0.258 e. The molecule has 2 heterocycles. The van der Waals surface area contributed by atoms with Crippen molar-refractivity contribution in [2.24, 2.45) is 0 Å². The molecule has 4 rings (SSSR count). The minimum atomic E-state index is -0.0474. The van der Waals surface area contributed by atoms with Crippen LogP contribution < -0.4 is 9.64 Å². The number of carbonyl (C=O) groups excluding carboxylic acids is 1. The molecule has 0 bridgehead atoms. The van der Waals surface area contributed by atoms with E-state index < -0.39 is 0 Å². The fourth-order valence-corrected chi connectivity index (χ4v) is 3.24. The number of benzene rings is 2. The Kier molecular flexibility index (Phi) is 3.68. The van der Waals surface area contributed by atoms with Gasteiger partial charge in [0, 0.05) is 23.7 Å². The van der Waals surface area contributed by atoms with Crippen LogP contribution in [-0.2, 0) is 0 Å². The molecule has 1 amide bonds. The lowest BCUT2D eigenvalue weighted by molar-refractivity contribution is 0.0988. The molecule has 0 fully saturated rings. The number of hydrogen-bond acceptors (Lipinski definition) is 5. The van der Waals surface area contributed by atoms with E-state index in [4.69, 9.17) is 4.74 Å². The summed E-state index contributed by atoms with van der Waals surface area (Å²) < 4.78 is 6.84. The standard InChI is InChI=1S/C18H17N5O2/c1-12-10-22(15-6-4-3-5-14(12)15)18(24)13-7-8-17(25-2)16(9-13)23-11-19-20-21-23/h3-9,11-12H,10H2,1-2H3/t12-/m1/s1. The van der Waals surface area contributed by atoms with Crippen LogP contribution in [0.3, 0.4) is 0 Å². The molecule has 0 spiro atoms. The fraction of sp³-hybridized carbons (Fsp3) is 0.222. The minimum Gasteiger partial charge on any atom is -0.494 e. The lowest BCUT2D eigenvalue weighted by Crippen LogP contribution is -2.29. The van der Waals surface area contributed by atoms with Crippen molar-refractivity contribution in [2.45, 2.75) is 12.8 Å². The Morgan fingerprint density at radius 2 is 2.04 bits per heavy atom. The Labute approximate surface area is 144 Å².